The zero-order chi connectivity index (χ0) is 22.0. The SMILES string of the molecule is NCCc1ccc(CNCc2cccc3c2C(=O)N(C2CCC(=O)NC2=O)C3=O)cc1. The van der Waals surface area contributed by atoms with Crippen LogP contribution >= 0.6 is 0 Å². The van der Waals surface area contributed by atoms with E-state index in [1.54, 1.807) is 18.2 Å². The van der Waals surface area contributed by atoms with E-state index in [4.69, 9.17) is 5.73 Å². The molecule has 2 aliphatic heterocycles. The molecule has 0 spiro atoms. The molecule has 1 fully saturated rings. The van der Waals surface area contributed by atoms with Crippen molar-refractivity contribution in [1.29, 1.82) is 0 Å². The highest BCUT2D eigenvalue weighted by Crippen LogP contribution is 2.29. The van der Waals surface area contributed by atoms with Crippen molar-refractivity contribution in [3.05, 3.63) is 70.3 Å². The molecule has 1 atom stereocenters. The summed E-state index contributed by atoms with van der Waals surface area (Å²) in [5.41, 5.74) is 9.17. The highest BCUT2D eigenvalue weighted by Gasteiger charge is 2.45. The third kappa shape index (κ3) is 4.12. The number of imide groups is 2. The first-order valence-corrected chi connectivity index (χ1v) is 10.3. The molecule has 4 amide bonds. The number of nitrogens with zero attached hydrogens (tertiary/aromatic N) is 1. The van der Waals surface area contributed by atoms with Crippen LogP contribution in [0.25, 0.3) is 0 Å². The summed E-state index contributed by atoms with van der Waals surface area (Å²) in [7, 11) is 0. The van der Waals surface area contributed by atoms with Gasteiger partial charge in [-0.05, 0) is 42.1 Å². The van der Waals surface area contributed by atoms with Crippen molar-refractivity contribution in [2.75, 3.05) is 6.54 Å². The Morgan fingerprint density at radius 3 is 2.42 bits per heavy atom. The van der Waals surface area contributed by atoms with Crippen molar-refractivity contribution < 1.29 is 19.2 Å². The summed E-state index contributed by atoms with van der Waals surface area (Å²) < 4.78 is 0. The minimum atomic E-state index is -0.960. The Labute approximate surface area is 179 Å². The Kier molecular flexibility index (Phi) is 5.92. The number of hydrogen-bond donors (Lipinski definition) is 3. The van der Waals surface area contributed by atoms with Gasteiger partial charge in [-0.3, -0.25) is 29.4 Å². The number of rotatable bonds is 7. The monoisotopic (exact) mass is 420 g/mol. The average molecular weight is 420 g/mol. The molecule has 4 N–H and O–H groups in total. The van der Waals surface area contributed by atoms with Gasteiger partial charge in [0, 0.05) is 19.5 Å². The van der Waals surface area contributed by atoms with Crippen LogP contribution in [0.3, 0.4) is 0 Å². The molecule has 2 aliphatic rings. The predicted octanol–water partition coefficient (Wildman–Crippen LogP) is 0.879. The van der Waals surface area contributed by atoms with Crippen LogP contribution in [-0.4, -0.2) is 41.1 Å². The van der Waals surface area contributed by atoms with Gasteiger partial charge in [-0.1, -0.05) is 36.4 Å². The fraction of sp³-hybridized carbons (Fsp3) is 0.304. The van der Waals surface area contributed by atoms with E-state index in [0.29, 0.717) is 36.3 Å². The molecule has 2 aromatic carbocycles. The van der Waals surface area contributed by atoms with Gasteiger partial charge in [0.2, 0.25) is 11.8 Å². The van der Waals surface area contributed by atoms with E-state index in [1.165, 1.54) is 5.56 Å². The number of hydrogen-bond acceptors (Lipinski definition) is 6. The standard InChI is InChI=1S/C23H24N4O4/c24-11-10-14-4-6-15(7-5-14)12-25-13-16-2-1-3-17-20(16)23(31)27(22(17)30)18-8-9-19(28)26-21(18)29/h1-7,18,25H,8-13,24H2,(H,26,28,29). The minimum Gasteiger partial charge on any atom is -0.330 e. The molecule has 2 aromatic rings. The van der Waals surface area contributed by atoms with E-state index in [-0.39, 0.29) is 18.7 Å². The molecule has 8 nitrogen and oxygen atoms in total. The van der Waals surface area contributed by atoms with Crippen molar-refractivity contribution in [3.8, 4) is 0 Å². The normalized spacial score (nSPS) is 18.4. The van der Waals surface area contributed by atoms with Gasteiger partial charge in [0.25, 0.3) is 11.8 Å². The van der Waals surface area contributed by atoms with E-state index in [2.05, 4.69) is 10.6 Å². The fourth-order valence-electron chi connectivity index (χ4n) is 4.06. The second-order valence-corrected chi connectivity index (χ2v) is 7.75. The van der Waals surface area contributed by atoms with Gasteiger partial charge in [0.15, 0.2) is 0 Å². The largest absolute Gasteiger partial charge is 0.330 e. The minimum absolute atomic E-state index is 0.0995. The maximum Gasteiger partial charge on any atom is 0.262 e. The lowest BCUT2D eigenvalue weighted by Crippen LogP contribution is -2.54. The van der Waals surface area contributed by atoms with Crippen LogP contribution < -0.4 is 16.4 Å². The number of nitrogens with two attached hydrogens (primary N) is 1. The summed E-state index contributed by atoms with van der Waals surface area (Å²) in [6, 6.07) is 12.3. The summed E-state index contributed by atoms with van der Waals surface area (Å²) in [5.74, 6) is -1.98. The molecule has 8 heteroatoms. The predicted molar refractivity (Wildman–Crippen MR) is 113 cm³/mol. The fourth-order valence-corrected chi connectivity index (χ4v) is 4.06. The zero-order valence-corrected chi connectivity index (χ0v) is 17.0. The highest BCUT2D eigenvalue weighted by atomic mass is 16.2. The lowest BCUT2D eigenvalue weighted by Gasteiger charge is -2.27. The van der Waals surface area contributed by atoms with Crippen LogP contribution in [0.1, 0.15) is 50.2 Å². The van der Waals surface area contributed by atoms with Gasteiger partial charge < -0.3 is 11.1 Å². The van der Waals surface area contributed by atoms with E-state index < -0.39 is 23.8 Å². The Hall–Kier alpha value is -3.36. The van der Waals surface area contributed by atoms with Crippen LogP contribution in [0.4, 0.5) is 0 Å². The lowest BCUT2D eigenvalue weighted by molar-refractivity contribution is -0.136. The molecule has 0 saturated carbocycles. The third-order valence-corrected chi connectivity index (χ3v) is 5.65. The second kappa shape index (κ2) is 8.79. The molecule has 0 aliphatic carbocycles. The first kappa shape index (κ1) is 20.9. The summed E-state index contributed by atoms with van der Waals surface area (Å²) in [6.07, 6.45) is 1.08. The van der Waals surface area contributed by atoms with Gasteiger partial charge in [-0.15, -0.1) is 0 Å². The third-order valence-electron chi connectivity index (χ3n) is 5.65. The molecule has 1 saturated heterocycles. The zero-order valence-electron chi connectivity index (χ0n) is 17.0. The van der Waals surface area contributed by atoms with Crippen molar-refractivity contribution in [3.63, 3.8) is 0 Å². The van der Waals surface area contributed by atoms with E-state index in [1.807, 2.05) is 24.3 Å². The first-order valence-electron chi connectivity index (χ1n) is 10.3. The molecule has 1 unspecified atom stereocenters. The smallest absolute Gasteiger partial charge is 0.262 e. The molecule has 2 heterocycles. The highest BCUT2D eigenvalue weighted by molar-refractivity contribution is 6.24. The van der Waals surface area contributed by atoms with Crippen molar-refractivity contribution in [2.24, 2.45) is 5.73 Å². The van der Waals surface area contributed by atoms with Gasteiger partial charge in [-0.25, -0.2) is 0 Å². The molecule has 31 heavy (non-hydrogen) atoms. The van der Waals surface area contributed by atoms with E-state index in [0.717, 1.165) is 16.9 Å². The number of amides is 4. The molecular weight excluding hydrogens is 396 g/mol. The molecule has 0 radical (unpaired) electrons. The average Bonchev–Trinajstić information content (AvgIpc) is 3.01. The number of fused-ring (bicyclic) bond motifs is 1. The Morgan fingerprint density at radius 2 is 1.71 bits per heavy atom. The molecule has 0 aromatic heterocycles. The maximum atomic E-state index is 13.1. The number of carbonyl (C=O) groups is 4. The van der Waals surface area contributed by atoms with Crippen molar-refractivity contribution in [2.45, 2.75) is 38.4 Å². The van der Waals surface area contributed by atoms with Gasteiger partial charge in [-0.2, -0.15) is 0 Å². The number of carbonyl (C=O) groups excluding carboxylic acids is 4. The van der Waals surface area contributed by atoms with E-state index in [9.17, 15) is 19.2 Å². The Morgan fingerprint density at radius 1 is 0.968 bits per heavy atom. The number of nitrogens with one attached hydrogen (secondary N) is 2. The van der Waals surface area contributed by atoms with Crippen LogP contribution in [0, 0.1) is 0 Å². The van der Waals surface area contributed by atoms with Crippen LogP contribution in [0.15, 0.2) is 42.5 Å². The van der Waals surface area contributed by atoms with Crippen LogP contribution in [0.2, 0.25) is 0 Å². The van der Waals surface area contributed by atoms with Gasteiger partial charge in [0.05, 0.1) is 11.1 Å². The summed E-state index contributed by atoms with van der Waals surface area (Å²) in [5, 5.41) is 5.52. The van der Waals surface area contributed by atoms with Crippen molar-refractivity contribution in [1.82, 2.24) is 15.5 Å². The van der Waals surface area contributed by atoms with Crippen molar-refractivity contribution >= 4 is 23.6 Å². The molecule has 4 rings (SSSR count). The number of benzene rings is 2. The Bertz CT molecular complexity index is 1050. The summed E-state index contributed by atoms with van der Waals surface area (Å²) >= 11 is 0. The quantitative estimate of drug-likeness (QED) is 0.572. The molecular formula is C23H24N4O4. The maximum absolute atomic E-state index is 13.1. The van der Waals surface area contributed by atoms with Crippen LogP contribution in [-0.2, 0) is 29.1 Å². The second-order valence-electron chi connectivity index (χ2n) is 7.75. The topological polar surface area (TPSA) is 122 Å². The lowest BCUT2D eigenvalue weighted by atomic mass is 10.0. The first-order chi connectivity index (χ1) is 15.0. The number of piperidine rings is 1. The Balaban J connectivity index is 1.47. The molecule has 0 bridgehead atoms. The molecule has 160 valence electrons. The van der Waals surface area contributed by atoms with Crippen LogP contribution in [0.5, 0.6) is 0 Å². The van der Waals surface area contributed by atoms with Gasteiger partial charge in [0.1, 0.15) is 6.04 Å². The summed E-state index contributed by atoms with van der Waals surface area (Å²) in [6.45, 7) is 1.61. The van der Waals surface area contributed by atoms with E-state index >= 15 is 0 Å². The summed E-state index contributed by atoms with van der Waals surface area (Å²) in [4.78, 5) is 50.6. The van der Waals surface area contributed by atoms with Gasteiger partial charge >= 0.3 is 0 Å².